The van der Waals surface area contributed by atoms with Crippen LogP contribution >= 0.6 is 0 Å². The predicted molar refractivity (Wildman–Crippen MR) is 57.2 cm³/mol. The third-order valence-corrected chi connectivity index (χ3v) is 2.05. The van der Waals surface area contributed by atoms with Crippen LogP contribution in [0.4, 0.5) is 5.82 Å². The van der Waals surface area contributed by atoms with E-state index in [0.29, 0.717) is 5.56 Å². The number of carbonyl (C=O) groups is 1. The Balaban J connectivity index is 2.02. The normalized spacial score (nSPS) is 10.0. The van der Waals surface area contributed by atoms with Gasteiger partial charge in [0.1, 0.15) is 0 Å². The average Bonchev–Trinajstić information content (AvgIpc) is 2.85. The van der Waals surface area contributed by atoms with Crippen molar-refractivity contribution in [3.05, 3.63) is 46.0 Å². The van der Waals surface area contributed by atoms with E-state index in [4.69, 9.17) is 4.74 Å². The van der Waals surface area contributed by atoms with E-state index in [2.05, 4.69) is 14.9 Å². The Labute approximate surface area is 100 Å². The second-order valence-electron chi connectivity index (χ2n) is 3.23. The van der Waals surface area contributed by atoms with Crippen molar-refractivity contribution in [3.63, 3.8) is 0 Å². The minimum atomic E-state index is -0.807. The Morgan fingerprint density at radius 2 is 2.06 bits per heavy atom. The Hall–Kier alpha value is -2.77. The molecule has 1 heterocycles. The molecule has 8 nitrogen and oxygen atoms in total. The fourth-order valence-electron chi connectivity index (χ4n) is 1.22. The number of nitrogens with zero attached hydrogens (tertiary/aromatic N) is 3. The highest BCUT2D eigenvalue weighted by atomic mass is 16.7. The number of hydrogen-bond acceptors (Lipinski definition) is 7. The summed E-state index contributed by atoms with van der Waals surface area (Å²) >= 11 is 0. The van der Waals surface area contributed by atoms with E-state index in [1.54, 1.807) is 30.3 Å². The summed E-state index contributed by atoms with van der Waals surface area (Å²) in [5.41, 5.74) is 0.441. The molecule has 1 aromatic heterocycles. The van der Waals surface area contributed by atoms with E-state index in [-0.39, 0.29) is 12.4 Å². The molecule has 0 aliphatic carbocycles. The molecular formula is C10H7N3O5. The van der Waals surface area contributed by atoms with Crippen molar-refractivity contribution >= 4 is 11.6 Å². The summed E-state index contributed by atoms with van der Waals surface area (Å²) in [6, 6.07) is 8.40. The van der Waals surface area contributed by atoms with Crippen LogP contribution in [0.15, 0.2) is 35.0 Å². The van der Waals surface area contributed by atoms with E-state index < -0.39 is 16.6 Å². The zero-order chi connectivity index (χ0) is 13.0. The minimum absolute atomic E-state index is 0.326. The molecule has 92 valence electrons. The number of carbonyl (C=O) groups excluding carboxylic acids is 1. The van der Waals surface area contributed by atoms with Gasteiger partial charge in [-0.2, -0.15) is 0 Å². The van der Waals surface area contributed by atoms with Crippen molar-refractivity contribution in [2.75, 3.05) is 6.61 Å². The SMILES string of the molecule is O=C(COc1nonc1[N+](=O)[O-])c1ccccc1. The molecule has 0 saturated carbocycles. The van der Waals surface area contributed by atoms with Gasteiger partial charge in [-0.1, -0.05) is 30.3 Å². The fraction of sp³-hybridized carbons (Fsp3) is 0.100. The van der Waals surface area contributed by atoms with Crippen LogP contribution < -0.4 is 4.74 Å². The zero-order valence-electron chi connectivity index (χ0n) is 8.98. The maximum absolute atomic E-state index is 11.6. The number of aromatic nitrogens is 2. The Kier molecular flexibility index (Phi) is 3.28. The van der Waals surface area contributed by atoms with Gasteiger partial charge < -0.3 is 14.9 Å². The molecule has 0 amide bonds. The van der Waals surface area contributed by atoms with Crippen molar-refractivity contribution < 1.29 is 19.1 Å². The van der Waals surface area contributed by atoms with Gasteiger partial charge in [0.05, 0.1) is 0 Å². The van der Waals surface area contributed by atoms with Gasteiger partial charge in [-0.05, 0) is 4.92 Å². The van der Waals surface area contributed by atoms with Crippen LogP contribution in [-0.2, 0) is 0 Å². The van der Waals surface area contributed by atoms with Crippen molar-refractivity contribution in [1.82, 2.24) is 10.3 Å². The van der Waals surface area contributed by atoms with Gasteiger partial charge in [-0.3, -0.25) is 4.79 Å². The van der Waals surface area contributed by atoms with Gasteiger partial charge in [0.25, 0.3) is 0 Å². The van der Waals surface area contributed by atoms with Gasteiger partial charge in [-0.15, -0.1) is 4.63 Å². The molecule has 1 aromatic carbocycles. The molecular weight excluding hydrogens is 242 g/mol. The first-order valence-electron chi connectivity index (χ1n) is 4.86. The summed E-state index contributed by atoms with van der Waals surface area (Å²) in [6.45, 7) is -0.376. The first-order chi connectivity index (χ1) is 8.68. The largest absolute Gasteiger partial charge is 0.478 e. The molecule has 8 heteroatoms. The molecule has 0 aliphatic rings. The second-order valence-corrected chi connectivity index (χ2v) is 3.23. The maximum atomic E-state index is 11.6. The number of Topliss-reactive ketones (excluding diaryl/α,β-unsaturated/α-hetero) is 1. The molecule has 0 spiro atoms. The van der Waals surface area contributed by atoms with Gasteiger partial charge in [0.2, 0.25) is 0 Å². The van der Waals surface area contributed by atoms with Crippen LogP contribution in [0.3, 0.4) is 0 Å². The van der Waals surface area contributed by atoms with Crippen LogP contribution in [0.1, 0.15) is 10.4 Å². The number of ketones is 1. The minimum Gasteiger partial charge on any atom is -0.461 e. The number of hydrogen-bond donors (Lipinski definition) is 0. The smallest absolute Gasteiger partial charge is 0.461 e. The lowest BCUT2D eigenvalue weighted by molar-refractivity contribution is -0.391. The van der Waals surface area contributed by atoms with E-state index in [0.717, 1.165) is 0 Å². The summed E-state index contributed by atoms with van der Waals surface area (Å²) in [6.07, 6.45) is 0. The maximum Gasteiger partial charge on any atom is 0.478 e. The standard InChI is InChI=1S/C10H7N3O5/c14-8(7-4-2-1-3-5-7)6-17-10-9(13(15)16)11-18-12-10/h1-5H,6H2. The lowest BCUT2D eigenvalue weighted by Gasteiger charge is -2.00. The molecule has 0 aliphatic heterocycles. The van der Waals surface area contributed by atoms with Crippen molar-refractivity contribution in [3.8, 4) is 5.88 Å². The van der Waals surface area contributed by atoms with Gasteiger partial charge in [0, 0.05) is 10.7 Å². The number of nitro groups is 1. The van der Waals surface area contributed by atoms with E-state index >= 15 is 0 Å². The van der Waals surface area contributed by atoms with Crippen LogP contribution in [0.5, 0.6) is 5.88 Å². The van der Waals surface area contributed by atoms with E-state index in [9.17, 15) is 14.9 Å². The highest BCUT2D eigenvalue weighted by Crippen LogP contribution is 2.20. The molecule has 2 aromatic rings. The monoisotopic (exact) mass is 249 g/mol. The predicted octanol–water partition coefficient (Wildman–Crippen LogP) is 1.24. The highest BCUT2D eigenvalue weighted by Gasteiger charge is 2.24. The summed E-state index contributed by atoms with van der Waals surface area (Å²) < 4.78 is 9.06. The molecule has 0 bridgehead atoms. The van der Waals surface area contributed by atoms with Gasteiger partial charge in [0.15, 0.2) is 17.5 Å². The number of benzene rings is 1. The molecule has 0 saturated heterocycles. The van der Waals surface area contributed by atoms with E-state index in [1.807, 2.05) is 0 Å². The summed E-state index contributed by atoms with van der Waals surface area (Å²) in [7, 11) is 0. The third-order valence-electron chi connectivity index (χ3n) is 2.05. The quantitative estimate of drug-likeness (QED) is 0.445. The van der Waals surface area contributed by atoms with Crippen LogP contribution in [0.25, 0.3) is 0 Å². The second kappa shape index (κ2) is 5.04. The van der Waals surface area contributed by atoms with Crippen molar-refractivity contribution in [2.45, 2.75) is 0 Å². The third kappa shape index (κ3) is 2.48. The Bertz CT molecular complexity index is 566. The average molecular weight is 249 g/mol. The summed E-state index contributed by atoms with van der Waals surface area (Å²) in [4.78, 5) is 21.3. The van der Waals surface area contributed by atoms with Crippen LogP contribution in [-0.4, -0.2) is 27.6 Å². The van der Waals surface area contributed by atoms with Gasteiger partial charge >= 0.3 is 11.7 Å². The molecule has 0 atom stereocenters. The Morgan fingerprint density at radius 1 is 1.33 bits per heavy atom. The summed E-state index contributed by atoms with van der Waals surface area (Å²) in [5, 5.41) is 16.7. The first-order valence-corrected chi connectivity index (χ1v) is 4.86. The molecule has 0 radical (unpaired) electrons. The molecule has 18 heavy (non-hydrogen) atoms. The van der Waals surface area contributed by atoms with E-state index in [1.165, 1.54) is 0 Å². The Morgan fingerprint density at radius 3 is 2.72 bits per heavy atom. The van der Waals surface area contributed by atoms with Crippen molar-refractivity contribution in [1.29, 1.82) is 0 Å². The van der Waals surface area contributed by atoms with Crippen molar-refractivity contribution in [2.24, 2.45) is 0 Å². The van der Waals surface area contributed by atoms with Crippen LogP contribution in [0, 0.1) is 10.1 Å². The highest BCUT2D eigenvalue weighted by molar-refractivity contribution is 5.97. The van der Waals surface area contributed by atoms with Gasteiger partial charge in [-0.25, -0.2) is 0 Å². The topological polar surface area (TPSA) is 108 Å². The summed E-state index contributed by atoms with van der Waals surface area (Å²) in [5.74, 6) is -1.40. The molecule has 0 N–H and O–H groups in total. The molecule has 2 rings (SSSR count). The van der Waals surface area contributed by atoms with Crippen LogP contribution in [0.2, 0.25) is 0 Å². The number of ether oxygens (including phenoxy) is 1. The lowest BCUT2D eigenvalue weighted by atomic mass is 10.1. The lowest BCUT2D eigenvalue weighted by Crippen LogP contribution is -2.12. The zero-order valence-corrected chi connectivity index (χ0v) is 8.98. The first kappa shape index (κ1) is 11.7. The molecule has 0 fully saturated rings. The number of rotatable bonds is 5. The molecule has 0 unspecified atom stereocenters. The fourth-order valence-corrected chi connectivity index (χ4v) is 1.22.